The second-order valence-electron chi connectivity index (χ2n) is 4.14. The summed E-state index contributed by atoms with van der Waals surface area (Å²) in [5, 5.41) is 2.77. The quantitative estimate of drug-likeness (QED) is 0.793. The number of hydrogen-bond acceptors (Lipinski definition) is 4. The zero-order valence-corrected chi connectivity index (χ0v) is 12.7. The average Bonchev–Trinajstić information content (AvgIpc) is 2.37. The minimum absolute atomic E-state index is 0.0470. The topological polar surface area (TPSA) is 73.6 Å². The van der Waals surface area contributed by atoms with Crippen LogP contribution in [0.4, 0.5) is 0 Å². The first-order chi connectivity index (χ1) is 9.08. The molecule has 1 atom stereocenters. The fourth-order valence-corrected chi connectivity index (χ4v) is 2.14. The van der Waals surface area contributed by atoms with Crippen LogP contribution in [0.25, 0.3) is 0 Å². The van der Waals surface area contributed by atoms with E-state index in [1.165, 1.54) is 0 Å². The van der Waals surface area contributed by atoms with Crippen LogP contribution < -0.4 is 15.8 Å². The molecule has 1 aromatic carbocycles. The van der Waals surface area contributed by atoms with Gasteiger partial charge in [-0.2, -0.15) is 0 Å². The number of para-hydroxylation sites is 1. The fraction of sp³-hybridized carbons (Fsp3) is 0.462. The van der Waals surface area contributed by atoms with E-state index in [0.717, 1.165) is 10.0 Å². The molecule has 0 saturated heterocycles. The first kappa shape index (κ1) is 15.9. The molecule has 19 heavy (non-hydrogen) atoms. The molecule has 1 unspecified atom stereocenters. The summed E-state index contributed by atoms with van der Waals surface area (Å²) in [4.78, 5) is 11.7. The summed E-state index contributed by atoms with van der Waals surface area (Å²) in [6.07, 6.45) is 0. The van der Waals surface area contributed by atoms with Crippen LogP contribution in [0.2, 0.25) is 0 Å². The Bertz CT molecular complexity index is 426. The van der Waals surface area contributed by atoms with Gasteiger partial charge in [0.15, 0.2) is 6.61 Å². The number of halogens is 1. The molecular weight excluding hydrogens is 312 g/mol. The number of nitrogens with two attached hydrogens (primary N) is 1. The lowest BCUT2D eigenvalue weighted by Crippen LogP contribution is -2.38. The first-order valence-electron chi connectivity index (χ1n) is 5.97. The van der Waals surface area contributed by atoms with Crippen LogP contribution in [0.15, 0.2) is 22.7 Å². The van der Waals surface area contributed by atoms with Gasteiger partial charge < -0.3 is 20.5 Å². The third-order valence-corrected chi connectivity index (χ3v) is 3.06. The van der Waals surface area contributed by atoms with E-state index in [4.69, 9.17) is 15.2 Å². The minimum atomic E-state index is -0.191. The highest BCUT2D eigenvalue weighted by Crippen LogP contribution is 2.28. The summed E-state index contributed by atoms with van der Waals surface area (Å²) in [7, 11) is 1.59. The molecule has 1 aromatic rings. The van der Waals surface area contributed by atoms with E-state index >= 15 is 0 Å². The van der Waals surface area contributed by atoms with E-state index in [1.807, 2.05) is 25.1 Å². The fourth-order valence-electron chi connectivity index (χ4n) is 1.62. The Morgan fingerprint density at radius 1 is 1.53 bits per heavy atom. The van der Waals surface area contributed by atoms with Crippen molar-refractivity contribution >= 4 is 21.8 Å². The smallest absolute Gasteiger partial charge is 0.258 e. The van der Waals surface area contributed by atoms with E-state index in [0.29, 0.717) is 18.9 Å². The second kappa shape index (κ2) is 8.14. The monoisotopic (exact) mass is 330 g/mol. The molecule has 1 rings (SSSR count). The van der Waals surface area contributed by atoms with E-state index < -0.39 is 0 Å². The van der Waals surface area contributed by atoms with Crippen molar-refractivity contribution in [3.05, 3.63) is 28.2 Å². The third kappa shape index (κ3) is 5.18. The van der Waals surface area contributed by atoms with Gasteiger partial charge in [-0.3, -0.25) is 4.79 Å². The first-order valence-corrected chi connectivity index (χ1v) is 6.76. The van der Waals surface area contributed by atoms with E-state index in [-0.39, 0.29) is 18.6 Å². The molecule has 0 aliphatic heterocycles. The lowest BCUT2D eigenvalue weighted by atomic mass is 10.2. The second-order valence-corrected chi connectivity index (χ2v) is 5.00. The van der Waals surface area contributed by atoms with Crippen LogP contribution >= 0.6 is 15.9 Å². The van der Waals surface area contributed by atoms with Gasteiger partial charge in [0, 0.05) is 25.3 Å². The largest absolute Gasteiger partial charge is 0.482 e. The molecule has 0 spiro atoms. The molecule has 1 amide bonds. The zero-order chi connectivity index (χ0) is 14.3. The molecule has 0 fully saturated rings. The number of benzene rings is 1. The number of nitrogens with one attached hydrogen (secondary N) is 1. The van der Waals surface area contributed by atoms with Gasteiger partial charge in [-0.05, 0) is 28.9 Å². The van der Waals surface area contributed by atoms with Crippen molar-refractivity contribution in [3.63, 3.8) is 0 Å². The maximum Gasteiger partial charge on any atom is 0.258 e. The van der Waals surface area contributed by atoms with Gasteiger partial charge in [-0.25, -0.2) is 0 Å². The van der Waals surface area contributed by atoms with Crippen LogP contribution in [0, 0.1) is 0 Å². The Balaban J connectivity index is 2.55. The molecule has 0 radical (unpaired) electrons. The Morgan fingerprint density at radius 3 is 2.89 bits per heavy atom. The van der Waals surface area contributed by atoms with Crippen LogP contribution in [0.3, 0.4) is 0 Å². The number of carbonyl (C=O) groups excluding carboxylic acids is 1. The lowest BCUT2D eigenvalue weighted by Gasteiger charge is -2.15. The van der Waals surface area contributed by atoms with Crippen molar-refractivity contribution in [2.45, 2.75) is 19.5 Å². The van der Waals surface area contributed by atoms with E-state index in [1.54, 1.807) is 7.11 Å². The SMILES string of the molecule is COCC(C)NC(=O)COc1c(Br)cccc1CN. The molecule has 5 nitrogen and oxygen atoms in total. The Hall–Kier alpha value is -1.11. The van der Waals surface area contributed by atoms with Crippen LogP contribution in [-0.4, -0.2) is 32.3 Å². The number of methoxy groups -OCH3 is 1. The van der Waals surface area contributed by atoms with Gasteiger partial charge in [0.1, 0.15) is 5.75 Å². The highest BCUT2D eigenvalue weighted by atomic mass is 79.9. The molecule has 0 bridgehead atoms. The highest BCUT2D eigenvalue weighted by Gasteiger charge is 2.11. The number of hydrogen-bond donors (Lipinski definition) is 2. The van der Waals surface area contributed by atoms with Crippen molar-refractivity contribution in [3.8, 4) is 5.75 Å². The molecule has 0 aromatic heterocycles. The number of amides is 1. The van der Waals surface area contributed by atoms with Gasteiger partial charge in [-0.1, -0.05) is 12.1 Å². The average molecular weight is 331 g/mol. The predicted octanol–water partition coefficient (Wildman–Crippen LogP) is 1.44. The maximum atomic E-state index is 11.7. The third-order valence-electron chi connectivity index (χ3n) is 2.44. The number of carbonyl (C=O) groups is 1. The van der Waals surface area contributed by atoms with E-state index in [9.17, 15) is 4.79 Å². The molecule has 0 saturated carbocycles. The van der Waals surface area contributed by atoms with Crippen LogP contribution in [0.1, 0.15) is 12.5 Å². The van der Waals surface area contributed by atoms with Crippen molar-refractivity contribution in [1.82, 2.24) is 5.32 Å². The van der Waals surface area contributed by atoms with Crippen LogP contribution in [-0.2, 0) is 16.1 Å². The van der Waals surface area contributed by atoms with Gasteiger partial charge in [0.2, 0.25) is 0 Å². The van der Waals surface area contributed by atoms with Crippen molar-refractivity contribution < 1.29 is 14.3 Å². The molecule has 0 aliphatic rings. The highest BCUT2D eigenvalue weighted by molar-refractivity contribution is 9.10. The summed E-state index contributed by atoms with van der Waals surface area (Å²) in [5.41, 5.74) is 6.48. The van der Waals surface area contributed by atoms with Crippen molar-refractivity contribution in [2.24, 2.45) is 5.73 Å². The number of ether oxygens (including phenoxy) is 2. The molecule has 3 N–H and O–H groups in total. The summed E-state index contributed by atoms with van der Waals surface area (Å²) < 4.78 is 11.2. The number of rotatable bonds is 7. The molecular formula is C13H19BrN2O3. The minimum Gasteiger partial charge on any atom is -0.482 e. The zero-order valence-electron chi connectivity index (χ0n) is 11.1. The molecule has 106 valence electrons. The predicted molar refractivity (Wildman–Crippen MR) is 77.0 cm³/mol. The van der Waals surface area contributed by atoms with Gasteiger partial charge in [-0.15, -0.1) is 0 Å². The molecule has 0 aliphatic carbocycles. The van der Waals surface area contributed by atoms with Crippen LogP contribution in [0.5, 0.6) is 5.75 Å². The van der Waals surface area contributed by atoms with Gasteiger partial charge >= 0.3 is 0 Å². The van der Waals surface area contributed by atoms with E-state index in [2.05, 4.69) is 21.2 Å². The Kier molecular flexibility index (Phi) is 6.83. The summed E-state index contributed by atoms with van der Waals surface area (Å²) >= 11 is 3.38. The summed E-state index contributed by atoms with van der Waals surface area (Å²) in [6, 6.07) is 5.54. The maximum absolute atomic E-state index is 11.7. The summed E-state index contributed by atoms with van der Waals surface area (Å²) in [5.74, 6) is 0.419. The summed E-state index contributed by atoms with van der Waals surface area (Å²) in [6.45, 7) is 2.64. The van der Waals surface area contributed by atoms with Gasteiger partial charge in [0.05, 0.1) is 11.1 Å². The van der Waals surface area contributed by atoms with Gasteiger partial charge in [0.25, 0.3) is 5.91 Å². The standard InChI is InChI=1S/C13H19BrN2O3/c1-9(7-18-2)16-12(17)8-19-13-10(6-15)4-3-5-11(13)14/h3-5,9H,6-8,15H2,1-2H3,(H,16,17). The Morgan fingerprint density at radius 2 is 2.26 bits per heavy atom. The normalized spacial score (nSPS) is 12.0. The Labute approximate surface area is 121 Å². The lowest BCUT2D eigenvalue weighted by molar-refractivity contribution is -0.124. The van der Waals surface area contributed by atoms with Crippen molar-refractivity contribution in [1.29, 1.82) is 0 Å². The van der Waals surface area contributed by atoms with Crippen molar-refractivity contribution in [2.75, 3.05) is 20.3 Å². The molecule has 0 heterocycles. The molecule has 6 heteroatoms.